The van der Waals surface area contributed by atoms with Gasteiger partial charge in [-0.1, -0.05) is 19.4 Å². The Labute approximate surface area is 187 Å². The van der Waals surface area contributed by atoms with E-state index in [4.69, 9.17) is 5.73 Å². The Morgan fingerprint density at radius 2 is 2.00 bits per heavy atom. The van der Waals surface area contributed by atoms with Gasteiger partial charge in [-0.15, -0.1) is 5.10 Å². The van der Waals surface area contributed by atoms with Crippen molar-refractivity contribution in [3.05, 3.63) is 45.8 Å². The van der Waals surface area contributed by atoms with Gasteiger partial charge in [0.2, 0.25) is 0 Å². The predicted molar refractivity (Wildman–Crippen MR) is 124 cm³/mol. The largest absolute Gasteiger partial charge is 0.380 e. The minimum absolute atomic E-state index is 0.225. The van der Waals surface area contributed by atoms with Gasteiger partial charge in [0.15, 0.2) is 11.7 Å². The van der Waals surface area contributed by atoms with Crippen LogP contribution in [0, 0.1) is 5.41 Å². The molecule has 2 aromatic rings. The maximum Gasteiger partial charge on any atom is 0.328 e. The number of hydrogen-bond acceptors (Lipinski definition) is 8. The first-order valence-corrected chi connectivity index (χ1v) is 11.6. The lowest BCUT2D eigenvalue weighted by molar-refractivity contribution is -0.0282. The number of pyridine rings is 1. The number of nitrogens with one attached hydrogen (secondary N) is 3. The number of hydrazine groups is 1. The highest BCUT2D eigenvalue weighted by atomic mass is 16.1. The molecule has 0 amide bonds. The van der Waals surface area contributed by atoms with Gasteiger partial charge in [-0.25, -0.2) is 9.91 Å². The van der Waals surface area contributed by atoms with Gasteiger partial charge in [0.05, 0.1) is 18.8 Å². The van der Waals surface area contributed by atoms with Gasteiger partial charge in [-0.2, -0.15) is 0 Å². The third kappa shape index (κ3) is 4.12. The van der Waals surface area contributed by atoms with E-state index in [1.54, 1.807) is 9.69 Å². The number of hydrogen-bond donors (Lipinski definition) is 4. The first-order valence-electron chi connectivity index (χ1n) is 11.6. The first-order chi connectivity index (χ1) is 15.5. The summed E-state index contributed by atoms with van der Waals surface area (Å²) in [5.41, 5.74) is 12.2. The highest BCUT2D eigenvalue weighted by Gasteiger charge is 2.42. The monoisotopic (exact) mass is 439 g/mol. The molecule has 0 atom stereocenters. The van der Waals surface area contributed by atoms with E-state index in [1.165, 1.54) is 31.5 Å². The van der Waals surface area contributed by atoms with Gasteiger partial charge in [-0.3, -0.25) is 19.9 Å². The van der Waals surface area contributed by atoms with Crippen LogP contribution in [-0.2, 0) is 13.1 Å². The van der Waals surface area contributed by atoms with Gasteiger partial charge in [0.1, 0.15) is 5.69 Å². The van der Waals surface area contributed by atoms with E-state index in [9.17, 15) is 4.79 Å². The fraction of sp³-hybridized carbons (Fsp3) is 0.591. The lowest BCUT2D eigenvalue weighted by atomic mass is 9.72. The number of likely N-dealkylation sites (tertiary alicyclic amines) is 1. The fourth-order valence-corrected chi connectivity index (χ4v) is 5.01. The zero-order valence-electron chi connectivity index (χ0n) is 18.7. The quantitative estimate of drug-likeness (QED) is 0.505. The molecule has 172 valence electrons. The number of imidazole rings is 1. The number of hydrazone groups is 1. The molecule has 0 saturated carbocycles. The van der Waals surface area contributed by atoms with Crippen LogP contribution in [-0.4, -0.2) is 63.1 Å². The van der Waals surface area contributed by atoms with Crippen molar-refractivity contribution >= 4 is 11.7 Å². The second-order valence-electron chi connectivity index (χ2n) is 9.37. The molecule has 3 aliphatic rings. The standard InChI is InChI=1S/C22H33N9O/c1-2-3-10-31-27-19(23)18-20(28-31)30(21(32)26-18)13-17-5-4-16(11-25-17)12-29-14-22(15-29)6-8-24-9-7-22/h4-5,11,24,28H,2-3,6-10,12-15H2,1H3,(H2,23,27)(H,26,32). The number of amidine groups is 1. The van der Waals surface area contributed by atoms with Crippen molar-refractivity contribution in [2.24, 2.45) is 16.3 Å². The minimum atomic E-state index is -0.225. The van der Waals surface area contributed by atoms with E-state index >= 15 is 0 Å². The van der Waals surface area contributed by atoms with Crippen LogP contribution >= 0.6 is 0 Å². The summed E-state index contributed by atoms with van der Waals surface area (Å²) < 4.78 is 1.63. The number of rotatable bonds is 7. The van der Waals surface area contributed by atoms with Gasteiger partial charge < -0.3 is 16.0 Å². The van der Waals surface area contributed by atoms with Crippen LogP contribution < -0.4 is 22.2 Å². The summed E-state index contributed by atoms with van der Waals surface area (Å²) in [6, 6.07) is 4.13. The molecule has 2 fully saturated rings. The highest BCUT2D eigenvalue weighted by molar-refractivity contribution is 6.00. The van der Waals surface area contributed by atoms with Gasteiger partial charge >= 0.3 is 5.69 Å². The zero-order valence-corrected chi connectivity index (χ0v) is 18.7. The van der Waals surface area contributed by atoms with E-state index in [0.29, 0.717) is 29.3 Å². The van der Waals surface area contributed by atoms with Crippen LogP contribution in [0.4, 0.5) is 5.82 Å². The number of aromatic nitrogens is 3. The average Bonchev–Trinajstić information content (AvgIpc) is 3.09. The molecule has 0 radical (unpaired) electrons. The van der Waals surface area contributed by atoms with E-state index in [1.807, 2.05) is 12.3 Å². The third-order valence-corrected chi connectivity index (χ3v) is 6.82. The van der Waals surface area contributed by atoms with Crippen molar-refractivity contribution in [1.29, 1.82) is 0 Å². The number of nitrogens with zero attached hydrogens (tertiary/aromatic N) is 5. The Bertz CT molecular complexity index is 1020. The molecule has 5 heterocycles. The number of nitrogens with two attached hydrogens (primary N) is 1. The molecule has 10 heteroatoms. The van der Waals surface area contributed by atoms with Crippen molar-refractivity contribution in [3.8, 4) is 0 Å². The fourth-order valence-electron chi connectivity index (χ4n) is 5.01. The van der Waals surface area contributed by atoms with Crippen molar-refractivity contribution in [3.63, 3.8) is 0 Å². The predicted octanol–water partition coefficient (Wildman–Crippen LogP) is 0.868. The molecule has 0 aromatic carbocycles. The van der Waals surface area contributed by atoms with E-state index in [-0.39, 0.29) is 5.69 Å². The van der Waals surface area contributed by atoms with Crippen molar-refractivity contribution in [2.45, 2.75) is 45.7 Å². The Hall–Kier alpha value is -2.85. The van der Waals surface area contributed by atoms with Crippen molar-refractivity contribution in [2.75, 3.05) is 38.1 Å². The summed E-state index contributed by atoms with van der Waals surface area (Å²) in [7, 11) is 0. The molecule has 0 aliphatic carbocycles. The third-order valence-electron chi connectivity index (χ3n) is 6.82. The maximum atomic E-state index is 12.6. The van der Waals surface area contributed by atoms with Crippen molar-refractivity contribution in [1.82, 2.24) is 29.9 Å². The van der Waals surface area contributed by atoms with E-state index in [0.717, 1.165) is 44.7 Å². The molecular weight excluding hydrogens is 406 g/mol. The summed E-state index contributed by atoms with van der Waals surface area (Å²) >= 11 is 0. The molecule has 1 spiro atoms. The lowest BCUT2D eigenvalue weighted by Gasteiger charge is -2.52. The summed E-state index contributed by atoms with van der Waals surface area (Å²) in [6.45, 7) is 8.81. The number of H-pyrrole nitrogens is 1. The normalized spacial score (nSPS) is 19.9. The van der Waals surface area contributed by atoms with Crippen LogP contribution in [0.15, 0.2) is 28.2 Å². The zero-order chi connectivity index (χ0) is 22.1. The van der Waals surface area contributed by atoms with Gasteiger partial charge in [0.25, 0.3) is 0 Å². The number of anilines is 1. The number of aromatic amines is 1. The summed E-state index contributed by atoms with van der Waals surface area (Å²) in [6.07, 6.45) is 6.53. The van der Waals surface area contributed by atoms with Crippen LogP contribution in [0.25, 0.3) is 0 Å². The molecule has 10 nitrogen and oxygen atoms in total. The molecule has 32 heavy (non-hydrogen) atoms. The number of piperidine rings is 1. The Kier molecular flexibility index (Phi) is 5.64. The molecular formula is C22H33N9O. The average molecular weight is 440 g/mol. The summed E-state index contributed by atoms with van der Waals surface area (Å²) in [5.74, 6) is 0.951. The molecule has 3 aliphatic heterocycles. The molecule has 0 unspecified atom stereocenters. The molecule has 5 rings (SSSR count). The number of unbranched alkanes of at least 4 members (excludes halogenated alkanes) is 1. The summed E-state index contributed by atoms with van der Waals surface area (Å²) in [4.78, 5) is 22.5. The van der Waals surface area contributed by atoms with Crippen LogP contribution in [0.5, 0.6) is 0 Å². The smallest absolute Gasteiger partial charge is 0.328 e. The van der Waals surface area contributed by atoms with Crippen LogP contribution in [0.1, 0.15) is 49.6 Å². The SMILES string of the molecule is CCCCN1N=C(N)c2[nH]c(=O)n(Cc3ccc(CN4CC5(CCNCC5)C4)cn3)c2N1. The molecule has 2 aromatic heterocycles. The molecule has 2 saturated heterocycles. The second-order valence-corrected chi connectivity index (χ2v) is 9.37. The maximum absolute atomic E-state index is 12.6. The van der Waals surface area contributed by atoms with Gasteiger partial charge in [-0.05, 0) is 49.4 Å². The Balaban J connectivity index is 1.23. The molecule has 0 bridgehead atoms. The van der Waals surface area contributed by atoms with Crippen molar-refractivity contribution < 1.29 is 0 Å². The van der Waals surface area contributed by atoms with Crippen LogP contribution in [0.2, 0.25) is 0 Å². The Morgan fingerprint density at radius 1 is 1.19 bits per heavy atom. The van der Waals surface area contributed by atoms with E-state index in [2.05, 4.69) is 43.7 Å². The first kappa shape index (κ1) is 21.0. The summed E-state index contributed by atoms with van der Waals surface area (Å²) in [5, 5.41) is 9.47. The number of fused-ring (bicyclic) bond motifs is 1. The highest BCUT2D eigenvalue weighted by Crippen LogP contribution is 2.39. The van der Waals surface area contributed by atoms with E-state index < -0.39 is 0 Å². The molecule has 5 N–H and O–H groups in total. The van der Waals surface area contributed by atoms with Gasteiger partial charge in [0, 0.05) is 25.8 Å². The Morgan fingerprint density at radius 3 is 2.72 bits per heavy atom. The lowest BCUT2D eigenvalue weighted by Crippen LogP contribution is -2.59. The topological polar surface area (TPSA) is 120 Å². The minimum Gasteiger partial charge on any atom is -0.380 e. The van der Waals surface area contributed by atoms with Crippen LogP contribution in [0.3, 0.4) is 0 Å². The second kappa shape index (κ2) is 8.59.